The fraction of sp³-hybridized carbons (Fsp3) is 0.364. The van der Waals surface area contributed by atoms with Crippen LogP contribution in [0.2, 0.25) is 0 Å². The van der Waals surface area contributed by atoms with Gasteiger partial charge in [-0.15, -0.1) is 23.2 Å². The van der Waals surface area contributed by atoms with Gasteiger partial charge in [0.1, 0.15) is 16.5 Å². The van der Waals surface area contributed by atoms with E-state index in [0.717, 1.165) is 46.2 Å². The topological polar surface area (TPSA) is 159 Å². The number of phosphoric acid groups is 1. The summed E-state index contributed by atoms with van der Waals surface area (Å²) >= 11 is 13.1. The first kappa shape index (κ1) is 43.6. The molecule has 17 heteroatoms. The summed E-state index contributed by atoms with van der Waals surface area (Å²) in [5, 5.41) is 6.52. The van der Waals surface area contributed by atoms with Crippen molar-refractivity contribution in [2.24, 2.45) is 11.3 Å². The third-order valence-corrected chi connectivity index (χ3v) is 15.6. The largest absolute Gasteiger partial charge is 0.524 e. The summed E-state index contributed by atoms with van der Waals surface area (Å²) in [5.41, 5.74) is 2.59. The lowest BCUT2D eigenvalue weighted by atomic mass is 9.82. The predicted octanol–water partition coefficient (Wildman–Crippen LogP) is 10.0. The van der Waals surface area contributed by atoms with Crippen LogP contribution in [-0.4, -0.2) is 69.8 Å². The average Bonchev–Trinajstić information content (AvgIpc) is 3.82. The molecule has 5 aromatic rings. The fourth-order valence-electron chi connectivity index (χ4n) is 9.03. The summed E-state index contributed by atoms with van der Waals surface area (Å²) in [4.78, 5) is 69.8. The van der Waals surface area contributed by atoms with Gasteiger partial charge in [-0.05, 0) is 75.9 Å². The van der Waals surface area contributed by atoms with Gasteiger partial charge in [0, 0.05) is 90.4 Å². The Morgan fingerprint density at radius 1 is 0.885 bits per heavy atom. The van der Waals surface area contributed by atoms with Crippen molar-refractivity contribution >= 4 is 103 Å². The minimum atomic E-state index is -4.93. The van der Waals surface area contributed by atoms with Crippen LogP contribution < -0.4 is 24.4 Å². The number of carbonyl (C=O) groups excluding carboxylic acids is 3. The number of nitrogens with zero attached hydrogens (tertiary/aromatic N) is 3. The number of phosphoric ester groups is 1. The third kappa shape index (κ3) is 9.09. The lowest BCUT2D eigenvalue weighted by Gasteiger charge is -2.31. The van der Waals surface area contributed by atoms with Crippen LogP contribution in [0.15, 0.2) is 90.1 Å². The van der Waals surface area contributed by atoms with E-state index in [-0.39, 0.29) is 66.0 Å². The molecule has 0 bridgehead atoms. The second kappa shape index (κ2) is 18.4. The number of alkyl halides is 2. The van der Waals surface area contributed by atoms with Crippen LogP contribution in [0.5, 0.6) is 11.5 Å². The molecule has 1 saturated carbocycles. The Morgan fingerprint density at radius 2 is 1.48 bits per heavy atom. The van der Waals surface area contributed by atoms with E-state index in [1.807, 2.05) is 54.6 Å². The molecular weight excluding hydrogens is 879 g/mol. The molecule has 1 fully saturated rings. The number of hydrogen-bond acceptors (Lipinski definition) is 9. The molecule has 3 heterocycles. The molecule has 8 rings (SSSR count). The van der Waals surface area contributed by atoms with Gasteiger partial charge in [0.25, 0.3) is 0 Å². The van der Waals surface area contributed by atoms with Gasteiger partial charge >= 0.3 is 13.9 Å². The van der Waals surface area contributed by atoms with Crippen molar-refractivity contribution in [3.05, 3.63) is 96.2 Å². The minimum Gasteiger partial charge on any atom is -0.410 e. The van der Waals surface area contributed by atoms with E-state index in [0.29, 0.717) is 46.7 Å². The summed E-state index contributed by atoms with van der Waals surface area (Å²) in [5.74, 6) is 0.217. The van der Waals surface area contributed by atoms with Crippen molar-refractivity contribution in [3.63, 3.8) is 0 Å². The number of nitrogens with one attached hydrogen (secondary N) is 1. The van der Waals surface area contributed by atoms with Gasteiger partial charge in [-0.3, -0.25) is 19.4 Å². The average molecular weight is 924 g/mol. The molecule has 0 radical (unpaired) electrons. The Bertz CT molecular complexity index is 2530. The first-order valence-electron chi connectivity index (χ1n) is 20.2. The Morgan fingerprint density at radius 3 is 2.07 bits per heavy atom. The zero-order valence-corrected chi connectivity index (χ0v) is 37.3. The molecule has 3 amide bonds. The summed E-state index contributed by atoms with van der Waals surface area (Å²) in [6.45, 7) is 3.08. The lowest BCUT2D eigenvalue weighted by molar-refractivity contribution is -0.125. The number of aromatic nitrogens is 1. The van der Waals surface area contributed by atoms with Crippen molar-refractivity contribution < 1.29 is 38.0 Å². The number of halogens is 2. The van der Waals surface area contributed by atoms with Crippen LogP contribution >= 0.6 is 52.6 Å². The molecule has 0 saturated heterocycles. The molecule has 3 N–H and O–H groups in total. The van der Waals surface area contributed by atoms with Gasteiger partial charge in [0.15, 0.2) is 0 Å². The van der Waals surface area contributed by atoms with Gasteiger partial charge in [-0.25, -0.2) is 14.3 Å². The quantitative estimate of drug-likeness (QED) is 0.0374. The Kier molecular flexibility index (Phi) is 13.1. The van der Waals surface area contributed by atoms with Crippen LogP contribution in [-0.2, 0) is 14.2 Å². The SMILES string of the molecule is CCC1(C(CCC(=O)N2CC(CCl)c3c2cc(OP(=O)(O)O)c2ccccc32)C(=O)N2CC(CCl)c3c2cc(OC(=O)NCCSSc2ccccn2)c2ccccc32)CC1. The van der Waals surface area contributed by atoms with Gasteiger partial charge < -0.3 is 24.4 Å². The number of carbonyl (C=O) groups is 3. The molecular formula is C44H45Cl2N4O8PS2. The molecule has 1 aliphatic carbocycles. The predicted molar refractivity (Wildman–Crippen MR) is 243 cm³/mol. The van der Waals surface area contributed by atoms with Crippen LogP contribution in [0.3, 0.4) is 0 Å². The van der Waals surface area contributed by atoms with Gasteiger partial charge in [0.05, 0.1) is 11.4 Å². The van der Waals surface area contributed by atoms with Crippen molar-refractivity contribution in [1.29, 1.82) is 0 Å². The Hall–Kier alpha value is -4.01. The number of pyridine rings is 1. The summed E-state index contributed by atoms with van der Waals surface area (Å²) < 4.78 is 23.1. The zero-order valence-electron chi connectivity index (χ0n) is 33.3. The van der Waals surface area contributed by atoms with E-state index < -0.39 is 19.8 Å². The maximum Gasteiger partial charge on any atom is 0.524 e. The highest BCUT2D eigenvalue weighted by Crippen LogP contribution is 2.58. The molecule has 3 unspecified atom stereocenters. The maximum absolute atomic E-state index is 15.1. The molecule has 61 heavy (non-hydrogen) atoms. The highest BCUT2D eigenvalue weighted by Gasteiger charge is 2.53. The van der Waals surface area contributed by atoms with E-state index in [2.05, 4.69) is 17.2 Å². The standard InChI is InChI=1S/C44H45Cl2N4O8PS2/c1-2-44(16-17-44)33(14-15-39(51)49-25-27(23-45)40-32-12-6-4-10-30(32)37(22-34(40)49)58-59(54,55)56)42(52)50-26-28(24-46)41-31-11-5-3-9-29(31)36(21-35(41)50)57-43(53)48-19-20-60-61-38-13-7-8-18-47-38/h3-13,18,21-22,27-28,33H,2,14-17,19-20,23-26H2,1H3,(H,48,53)(H2,54,55,56). The smallest absolute Gasteiger partial charge is 0.410 e. The van der Waals surface area contributed by atoms with Gasteiger partial charge in [0.2, 0.25) is 11.8 Å². The monoisotopic (exact) mass is 922 g/mol. The van der Waals surface area contributed by atoms with Crippen molar-refractivity contribution in [2.45, 2.75) is 55.9 Å². The fourth-order valence-corrected chi connectivity index (χ4v) is 11.7. The summed E-state index contributed by atoms with van der Waals surface area (Å²) in [6.07, 6.45) is 3.95. The third-order valence-electron chi connectivity index (χ3n) is 12.1. The maximum atomic E-state index is 15.1. The second-order valence-electron chi connectivity index (χ2n) is 15.6. The molecule has 320 valence electrons. The van der Waals surface area contributed by atoms with Gasteiger partial charge in [-0.2, -0.15) is 0 Å². The number of hydrogen-bond donors (Lipinski definition) is 3. The Labute approximate surface area is 371 Å². The molecule has 3 atom stereocenters. The van der Waals surface area contributed by atoms with Crippen LogP contribution in [0.25, 0.3) is 21.5 Å². The van der Waals surface area contributed by atoms with E-state index >= 15 is 4.79 Å². The molecule has 3 aliphatic rings. The van der Waals surface area contributed by atoms with E-state index in [1.165, 1.54) is 16.9 Å². The first-order valence-corrected chi connectivity index (χ1v) is 25.1. The zero-order chi connectivity index (χ0) is 42.9. The number of benzene rings is 4. The normalized spacial score (nSPS) is 18.2. The highest BCUT2D eigenvalue weighted by molar-refractivity contribution is 8.76. The number of anilines is 2. The first-order chi connectivity index (χ1) is 29.4. The molecule has 4 aromatic carbocycles. The van der Waals surface area contributed by atoms with E-state index in [4.69, 9.17) is 32.5 Å². The van der Waals surface area contributed by atoms with Crippen molar-refractivity contribution in [3.8, 4) is 11.5 Å². The van der Waals surface area contributed by atoms with Gasteiger partial charge in [-0.1, -0.05) is 72.3 Å². The number of amides is 3. The summed E-state index contributed by atoms with van der Waals surface area (Å²) in [6, 6.07) is 23.8. The number of fused-ring (bicyclic) bond motifs is 6. The molecule has 2 aliphatic heterocycles. The van der Waals surface area contributed by atoms with Crippen LogP contribution in [0.4, 0.5) is 16.2 Å². The van der Waals surface area contributed by atoms with E-state index in [1.54, 1.807) is 45.0 Å². The van der Waals surface area contributed by atoms with Crippen molar-refractivity contribution in [2.75, 3.05) is 46.9 Å². The lowest BCUT2D eigenvalue weighted by Crippen LogP contribution is -2.40. The number of ether oxygens (including phenoxy) is 1. The second-order valence-corrected chi connectivity index (χ2v) is 19.9. The highest BCUT2D eigenvalue weighted by atomic mass is 35.5. The number of rotatable bonds is 16. The minimum absolute atomic E-state index is 0.0312. The molecule has 12 nitrogen and oxygen atoms in total. The van der Waals surface area contributed by atoms with Crippen molar-refractivity contribution in [1.82, 2.24) is 10.3 Å². The molecule has 0 spiro atoms. The van der Waals surface area contributed by atoms with Crippen LogP contribution in [0, 0.1) is 11.3 Å². The van der Waals surface area contributed by atoms with Crippen LogP contribution in [0.1, 0.15) is 62.0 Å². The Balaban J connectivity index is 1.03. The van der Waals surface area contributed by atoms with E-state index in [9.17, 15) is 23.9 Å². The summed E-state index contributed by atoms with van der Waals surface area (Å²) in [7, 11) is -1.83. The molecule has 1 aromatic heterocycles.